The number of aromatic nitrogens is 4. The maximum absolute atomic E-state index is 13.0. The number of carbonyl (C=O) groups excluding carboxylic acids is 1. The summed E-state index contributed by atoms with van der Waals surface area (Å²) in [6.45, 7) is 3.31. The van der Waals surface area contributed by atoms with Crippen molar-refractivity contribution in [2.24, 2.45) is 0 Å². The van der Waals surface area contributed by atoms with E-state index in [1.54, 1.807) is 13.8 Å². The number of nitro groups is 1. The van der Waals surface area contributed by atoms with Crippen LogP contribution < -0.4 is 5.32 Å². The summed E-state index contributed by atoms with van der Waals surface area (Å²) in [7, 11) is 0. The lowest BCUT2D eigenvalue weighted by atomic mass is 10.2. The molecule has 9 nitrogen and oxygen atoms in total. The molecule has 2 aromatic heterocycles. The van der Waals surface area contributed by atoms with Crippen molar-refractivity contribution in [3.8, 4) is 0 Å². The maximum atomic E-state index is 13.0. The Morgan fingerprint density at radius 2 is 2.04 bits per heavy atom. The van der Waals surface area contributed by atoms with Gasteiger partial charge in [0.05, 0.1) is 22.2 Å². The highest BCUT2D eigenvalue weighted by Crippen LogP contribution is 2.45. The summed E-state index contributed by atoms with van der Waals surface area (Å²) in [5.41, 5.74) is 0.612. The molecule has 2 heterocycles. The molecule has 0 saturated heterocycles. The molecule has 1 aliphatic carbocycles. The minimum atomic E-state index is -2.81. The molecule has 0 unspecified atom stereocenters. The lowest BCUT2D eigenvalue weighted by Gasteiger charge is -2.09. The first-order chi connectivity index (χ1) is 13.2. The largest absolute Gasteiger partial charge is 0.353 e. The number of hydrogen-bond donors (Lipinski definition) is 1. The van der Waals surface area contributed by atoms with E-state index in [4.69, 9.17) is 11.6 Å². The van der Waals surface area contributed by atoms with Crippen LogP contribution in [0.1, 0.15) is 48.0 Å². The van der Waals surface area contributed by atoms with Crippen LogP contribution in [-0.4, -0.2) is 36.9 Å². The summed E-state index contributed by atoms with van der Waals surface area (Å²) >= 11 is 6.03. The maximum Gasteiger partial charge on any atom is 0.312 e. The van der Waals surface area contributed by atoms with Gasteiger partial charge in [-0.1, -0.05) is 11.6 Å². The number of carbonyl (C=O) groups is 1. The molecule has 0 aliphatic heterocycles. The molecule has 0 bridgehead atoms. The summed E-state index contributed by atoms with van der Waals surface area (Å²) in [6.07, 6.45) is -1.16. The molecule has 1 saturated carbocycles. The summed E-state index contributed by atoms with van der Waals surface area (Å²) < 4.78 is 28.8. The average molecular weight is 417 g/mol. The van der Waals surface area contributed by atoms with E-state index in [0.29, 0.717) is 17.1 Å². The Hall–Kier alpha value is -2.56. The summed E-state index contributed by atoms with van der Waals surface area (Å²) in [6, 6.07) is 0. The van der Waals surface area contributed by atoms with E-state index < -0.39 is 22.9 Å². The SMILES string of the molecule is Cc1nn(CCNC(=O)Cn2nc(C(F)F)c(Cl)c2C2CC2)c(C)c1[N+](=O)[O-]. The number of aryl methyl sites for hydroxylation is 1. The van der Waals surface area contributed by atoms with E-state index >= 15 is 0 Å². The molecule has 12 heteroatoms. The second-order valence-electron chi connectivity index (χ2n) is 6.67. The van der Waals surface area contributed by atoms with Crippen LogP contribution in [-0.2, 0) is 17.9 Å². The fraction of sp³-hybridized carbons (Fsp3) is 0.562. The van der Waals surface area contributed by atoms with Crippen LogP contribution in [0.25, 0.3) is 0 Å². The van der Waals surface area contributed by atoms with Gasteiger partial charge in [0.1, 0.15) is 23.6 Å². The summed E-state index contributed by atoms with van der Waals surface area (Å²) in [5, 5.41) is 21.5. The topological polar surface area (TPSA) is 108 Å². The number of nitrogens with zero attached hydrogens (tertiary/aromatic N) is 5. The minimum absolute atomic E-state index is 0.0499. The number of amides is 1. The van der Waals surface area contributed by atoms with Crippen molar-refractivity contribution >= 4 is 23.2 Å². The Bertz CT molecular complexity index is 922. The average Bonchev–Trinajstić information content (AvgIpc) is 3.31. The van der Waals surface area contributed by atoms with Gasteiger partial charge in [-0.25, -0.2) is 8.78 Å². The molecule has 3 rings (SSSR count). The smallest absolute Gasteiger partial charge is 0.312 e. The van der Waals surface area contributed by atoms with Crippen LogP contribution in [0.5, 0.6) is 0 Å². The standard InChI is InChI=1S/C16H19ClF2N6O3/c1-8-14(25(27)28)9(2)23(21-8)6-5-20-11(26)7-24-15(10-3-4-10)12(17)13(22-24)16(18)19/h10,16H,3-7H2,1-2H3,(H,20,26). The van der Waals surface area contributed by atoms with Crippen molar-refractivity contribution < 1.29 is 18.5 Å². The van der Waals surface area contributed by atoms with E-state index in [9.17, 15) is 23.7 Å². The second kappa shape index (κ2) is 7.82. The van der Waals surface area contributed by atoms with Gasteiger partial charge >= 0.3 is 5.69 Å². The first kappa shape index (κ1) is 20.2. The van der Waals surface area contributed by atoms with Crippen LogP contribution >= 0.6 is 11.6 Å². The second-order valence-corrected chi connectivity index (χ2v) is 7.04. The molecular formula is C16H19ClF2N6O3. The molecule has 152 valence electrons. The zero-order valence-electron chi connectivity index (χ0n) is 15.3. The number of rotatable bonds is 8. The van der Waals surface area contributed by atoms with Crippen LogP contribution in [0.15, 0.2) is 0 Å². The Labute approximate surface area is 163 Å². The molecule has 1 fully saturated rings. The lowest BCUT2D eigenvalue weighted by Crippen LogP contribution is -2.31. The Morgan fingerprint density at radius 3 is 2.57 bits per heavy atom. The van der Waals surface area contributed by atoms with Crippen molar-refractivity contribution in [2.75, 3.05) is 6.54 Å². The third-order valence-corrected chi connectivity index (χ3v) is 4.98. The van der Waals surface area contributed by atoms with E-state index in [-0.39, 0.29) is 36.3 Å². The van der Waals surface area contributed by atoms with Gasteiger partial charge in [-0.3, -0.25) is 24.3 Å². The highest BCUT2D eigenvalue weighted by Gasteiger charge is 2.34. The third kappa shape index (κ3) is 3.98. The molecule has 0 atom stereocenters. The van der Waals surface area contributed by atoms with Crippen LogP contribution in [0.3, 0.4) is 0 Å². The molecule has 28 heavy (non-hydrogen) atoms. The van der Waals surface area contributed by atoms with Gasteiger partial charge in [-0.2, -0.15) is 10.2 Å². The van der Waals surface area contributed by atoms with E-state index in [2.05, 4.69) is 15.5 Å². The third-order valence-electron chi connectivity index (χ3n) is 4.59. The number of halogens is 3. The first-order valence-corrected chi connectivity index (χ1v) is 9.07. The zero-order valence-corrected chi connectivity index (χ0v) is 16.0. The predicted octanol–water partition coefficient (Wildman–Crippen LogP) is 2.89. The molecule has 1 amide bonds. The zero-order chi connectivity index (χ0) is 20.6. The monoisotopic (exact) mass is 416 g/mol. The van der Waals surface area contributed by atoms with E-state index in [1.807, 2.05) is 0 Å². The molecule has 0 aromatic carbocycles. The number of hydrogen-bond acceptors (Lipinski definition) is 5. The molecule has 0 radical (unpaired) electrons. The van der Waals surface area contributed by atoms with Gasteiger partial charge in [-0.05, 0) is 26.7 Å². The first-order valence-electron chi connectivity index (χ1n) is 8.70. The van der Waals surface area contributed by atoms with Gasteiger partial charge in [-0.15, -0.1) is 0 Å². The van der Waals surface area contributed by atoms with Gasteiger partial charge in [0, 0.05) is 12.5 Å². The van der Waals surface area contributed by atoms with E-state index in [0.717, 1.165) is 12.8 Å². The fourth-order valence-electron chi connectivity index (χ4n) is 3.14. The highest BCUT2D eigenvalue weighted by molar-refractivity contribution is 6.32. The van der Waals surface area contributed by atoms with Crippen LogP contribution in [0, 0.1) is 24.0 Å². The van der Waals surface area contributed by atoms with Crippen molar-refractivity contribution in [1.29, 1.82) is 0 Å². The van der Waals surface area contributed by atoms with Crippen molar-refractivity contribution in [2.45, 2.75) is 52.1 Å². The van der Waals surface area contributed by atoms with Gasteiger partial charge in [0.25, 0.3) is 6.43 Å². The summed E-state index contributed by atoms with van der Waals surface area (Å²) in [4.78, 5) is 22.7. The molecular weight excluding hydrogens is 398 g/mol. The van der Waals surface area contributed by atoms with Crippen LogP contribution in [0.2, 0.25) is 5.02 Å². The van der Waals surface area contributed by atoms with Crippen molar-refractivity contribution in [3.63, 3.8) is 0 Å². The minimum Gasteiger partial charge on any atom is -0.353 e. The fourth-order valence-corrected chi connectivity index (χ4v) is 3.51. The normalized spacial score (nSPS) is 13.9. The molecule has 1 aliphatic rings. The Kier molecular flexibility index (Phi) is 5.64. The van der Waals surface area contributed by atoms with Gasteiger partial charge in [0.2, 0.25) is 5.91 Å². The van der Waals surface area contributed by atoms with Crippen molar-refractivity contribution in [1.82, 2.24) is 24.9 Å². The molecule has 1 N–H and O–H groups in total. The van der Waals surface area contributed by atoms with Gasteiger partial charge < -0.3 is 5.32 Å². The lowest BCUT2D eigenvalue weighted by molar-refractivity contribution is -0.386. The Morgan fingerprint density at radius 1 is 1.36 bits per heavy atom. The number of nitrogens with one attached hydrogen (secondary N) is 1. The summed E-state index contributed by atoms with van der Waals surface area (Å²) in [5.74, 6) is -0.367. The van der Waals surface area contributed by atoms with E-state index in [1.165, 1.54) is 9.36 Å². The van der Waals surface area contributed by atoms with Crippen LogP contribution in [0.4, 0.5) is 14.5 Å². The number of alkyl halides is 2. The Balaban J connectivity index is 1.62. The highest BCUT2D eigenvalue weighted by atomic mass is 35.5. The van der Waals surface area contributed by atoms with Crippen molar-refractivity contribution in [3.05, 3.63) is 37.9 Å². The molecule has 0 spiro atoms. The molecule has 2 aromatic rings. The van der Waals surface area contributed by atoms with Gasteiger partial charge in [0.15, 0.2) is 0 Å². The predicted molar refractivity (Wildman–Crippen MR) is 95.5 cm³/mol. The quantitative estimate of drug-likeness (QED) is 0.525.